The van der Waals surface area contributed by atoms with Gasteiger partial charge in [-0.1, -0.05) is 25.1 Å². The highest BCUT2D eigenvalue weighted by Gasteiger charge is 2.19. The molecule has 0 bridgehead atoms. The summed E-state index contributed by atoms with van der Waals surface area (Å²) in [6, 6.07) is 13.5. The van der Waals surface area contributed by atoms with Gasteiger partial charge in [0.1, 0.15) is 0 Å². The van der Waals surface area contributed by atoms with E-state index >= 15 is 0 Å². The van der Waals surface area contributed by atoms with Crippen LogP contribution in [-0.2, 0) is 10.2 Å². The van der Waals surface area contributed by atoms with Crippen LogP contribution in [0.5, 0.6) is 0 Å². The molecule has 2 aromatic rings. The van der Waals surface area contributed by atoms with Gasteiger partial charge < -0.3 is 5.32 Å². The molecule has 118 valence electrons. The average Bonchev–Trinajstić information content (AvgIpc) is 2.56. The third-order valence-electron chi connectivity index (χ3n) is 3.91. The summed E-state index contributed by atoms with van der Waals surface area (Å²) >= 11 is 0. The summed E-state index contributed by atoms with van der Waals surface area (Å²) in [6.45, 7) is 5.75. The van der Waals surface area contributed by atoms with E-state index in [1.165, 1.54) is 0 Å². The van der Waals surface area contributed by atoms with Gasteiger partial charge in [-0.3, -0.25) is 9.78 Å². The van der Waals surface area contributed by atoms with E-state index in [1.807, 2.05) is 57.2 Å². The van der Waals surface area contributed by atoms with Crippen molar-refractivity contribution in [3.8, 4) is 6.07 Å². The third kappa shape index (κ3) is 4.40. The van der Waals surface area contributed by atoms with Gasteiger partial charge in [-0.05, 0) is 49.1 Å². The number of aromatic nitrogens is 1. The number of carbonyl (C=O) groups is 1. The Morgan fingerprint density at radius 3 is 2.57 bits per heavy atom. The van der Waals surface area contributed by atoms with E-state index in [0.29, 0.717) is 6.42 Å². The van der Waals surface area contributed by atoms with Crippen LogP contribution in [0.4, 0.5) is 5.69 Å². The number of nitrogens with zero attached hydrogens (tertiary/aromatic N) is 2. The zero-order valence-electron chi connectivity index (χ0n) is 13.7. The minimum Gasteiger partial charge on any atom is -0.326 e. The topological polar surface area (TPSA) is 65.8 Å². The molecule has 0 saturated heterocycles. The van der Waals surface area contributed by atoms with Gasteiger partial charge in [0, 0.05) is 24.5 Å². The fourth-order valence-corrected chi connectivity index (χ4v) is 2.31. The monoisotopic (exact) mass is 307 g/mol. The summed E-state index contributed by atoms with van der Waals surface area (Å²) in [4.78, 5) is 16.2. The molecular formula is C19H21N3O. The highest BCUT2D eigenvalue weighted by molar-refractivity contribution is 5.91. The molecule has 2 rings (SSSR count). The molecule has 1 amide bonds. The highest BCUT2D eigenvalue weighted by atomic mass is 16.1. The number of hydrogen-bond acceptors (Lipinski definition) is 3. The minimum absolute atomic E-state index is 0.0337. The van der Waals surface area contributed by atoms with E-state index in [-0.39, 0.29) is 11.8 Å². The summed E-state index contributed by atoms with van der Waals surface area (Å²) in [7, 11) is 0. The number of pyridine rings is 1. The van der Waals surface area contributed by atoms with Gasteiger partial charge in [0.25, 0.3) is 0 Å². The first-order chi connectivity index (χ1) is 10.9. The number of nitriles is 1. The Bertz CT molecular complexity index is 700. The first-order valence-electron chi connectivity index (χ1n) is 7.64. The molecule has 1 unspecified atom stereocenters. The number of anilines is 1. The highest BCUT2D eigenvalue weighted by Crippen LogP contribution is 2.24. The normalized spacial score (nSPS) is 12.3. The Kier molecular flexibility index (Phi) is 5.13. The lowest BCUT2D eigenvalue weighted by Crippen LogP contribution is -2.16. The average molecular weight is 307 g/mol. The van der Waals surface area contributed by atoms with Crippen molar-refractivity contribution in [2.75, 3.05) is 5.32 Å². The SMILES string of the molecule is CC(CC(=O)Nc1ccc(C(C)(C)C#N)cc1)c1cccnc1. The molecule has 1 aromatic heterocycles. The molecule has 0 aliphatic heterocycles. The molecule has 0 aliphatic carbocycles. The lowest BCUT2D eigenvalue weighted by atomic mass is 9.86. The Balaban J connectivity index is 1.97. The molecule has 1 N–H and O–H groups in total. The van der Waals surface area contributed by atoms with Crippen molar-refractivity contribution in [3.63, 3.8) is 0 Å². The van der Waals surface area contributed by atoms with Crippen LogP contribution in [0, 0.1) is 11.3 Å². The molecule has 0 aliphatic rings. The second kappa shape index (κ2) is 7.06. The maximum Gasteiger partial charge on any atom is 0.224 e. The Morgan fingerprint density at radius 2 is 2.00 bits per heavy atom. The van der Waals surface area contributed by atoms with E-state index in [4.69, 9.17) is 5.26 Å². The minimum atomic E-state index is -0.530. The fourth-order valence-electron chi connectivity index (χ4n) is 2.31. The van der Waals surface area contributed by atoms with E-state index in [1.54, 1.807) is 12.4 Å². The first-order valence-corrected chi connectivity index (χ1v) is 7.64. The van der Waals surface area contributed by atoms with Crippen molar-refractivity contribution in [1.29, 1.82) is 5.26 Å². The van der Waals surface area contributed by atoms with Crippen LogP contribution in [0.25, 0.3) is 0 Å². The lowest BCUT2D eigenvalue weighted by Gasteiger charge is -2.16. The van der Waals surface area contributed by atoms with Crippen molar-refractivity contribution in [2.45, 2.75) is 38.5 Å². The zero-order valence-corrected chi connectivity index (χ0v) is 13.7. The van der Waals surface area contributed by atoms with Crippen LogP contribution in [0.15, 0.2) is 48.8 Å². The number of amides is 1. The summed E-state index contributed by atoms with van der Waals surface area (Å²) in [5.74, 6) is 0.0779. The molecule has 0 radical (unpaired) electrons. The van der Waals surface area contributed by atoms with Crippen LogP contribution in [0.1, 0.15) is 44.2 Å². The van der Waals surface area contributed by atoms with Gasteiger partial charge in [-0.25, -0.2) is 0 Å². The van der Waals surface area contributed by atoms with Crippen LogP contribution in [0.2, 0.25) is 0 Å². The van der Waals surface area contributed by atoms with Gasteiger partial charge in [0.2, 0.25) is 5.91 Å². The molecule has 1 atom stereocenters. The second-order valence-corrected chi connectivity index (χ2v) is 6.25. The second-order valence-electron chi connectivity index (χ2n) is 6.25. The summed E-state index contributed by atoms with van der Waals surface area (Å²) < 4.78 is 0. The molecule has 1 aromatic carbocycles. The van der Waals surface area contributed by atoms with Crippen LogP contribution in [-0.4, -0.2) is 10.9 Å². The largest absolute Gasteiger partial charge is 0.326 e. The molecular weight excluding hydrogens is 286 g/mol. The molecule has 4 heteroatoms. The quantitative estimate of drug-likeness (QED) is 0.907. The predicted molar refractivity (Wildman–Crippen MR) is 91.0 cm³/mol. The molecule has 0 spiro atoms. The molecule has 0 saturated carbocycles. The van der Waals surface area contributed by atoms with Crippen molar-refractivity contribution in [2.24, 2.45) is 0 Å². The number of rotatable bonds is 5. The van der Waals surface area contributed by atoms with E-state index in [2.05, 4.69) is 16.4 Å². The lowest BCUT2D eigenvalue weighted by molar-refractivity contribution is -0.116. The standard InChI is InChI=1S/C19H21N3O/c1-14(15-5-4-10-21-12-15)11-18(23)22-17-8-6-16(7-9-17)19(2,3)13-20/h4-10,12,14H,11H2,1-3H3,(H,22,23). The smallest absolute Gasteiger partial charge is 0.224 e. The van der Waals surface area contributed by atoms with E-state index < -0.39 is 5.41 Å². The molecule has 1 heterocycles. The molecule has 4 nitrogen and oxygen atoms in total. The number of benzene rings is 1. The van der Waals surface area contributed by atoms with Crippen LogP contribution >= 0.6 is 0 Å². The van der Waals surface area contributed by atoms with Gasteiger partial charge in [0.05, 0.1) is 11.5 Å². The third-order valence-corrected chi connectivity index (χ3v) is 3.91. The van der Waals surface area contributed by atoms with Gasteiger partial charge in [-0.2, -0.15) is 5.26 Å². The van der Waals surface area contributed by atoms with Crippen molar-refractivity contribution in [3.05, 3.63) is 59.9 Å². The number of carbonyl (C=O) groups excluding carboxylic acids is 1. The van der Waals surface area contributed by atoms with Gasteiger partial charge in [0.15, 0.2) is 0 Å². The van der Waals surface area contributed by atoms with E-state index in [0.717, 1.165) is 16.8 Å². The van der Waals surface area contributed by atoms with Crippen molar-refractivity contribution >= 4 is 11.6 Å². The van der Waals surface area contributed by atoms with E-state index in [9.17, 15) is 4.79 Å². The Hall–Kier alpha value is -2.67. The maximum absolute atomic E-state index is 12.2. The summed E-state index contributed by atoms with van der Waals surface area (Å²) in [5, 5.41) is 12.0. The van der Waals surface area contributed by atoms with Crippen molar-refractivity contribution < 1.29 is 4.79 Å². The zero-order chi connectivity index (χ0) is 16.9. The Labute approximate surface area is 137 Å². The van der Waals surface area contributed by atoms with Crippen molar-refractivity contribution in [1.82, 2.24) is 4.98 Å². The maximum atomic E-state index is 12.2. The fraction of sp³-hybridized carbons (Fsp3) is 0.316. The van der Waals surface area contributed by atoms with Crippen LogP contribution < -0.4 is 5.32 Å². The first kappa shape index (κ1) is 16.7. The summed E-state index contributed by atoms with van der Waals surface area (Å²) in [6.07, 6.45) is 3.91. The number of nitrogens with one attached hydrogen (secondary N) is 1. The van der Waals surface area contributed by atoms with Gasteiger partial charge in [-0.15, -0.1) is 0 Å². The molecule has 23 heavy (non-hydrogen) atoms. The van der Waals surface area contributed by atoms with Crippen LogP contribution in [0.3, 0.4) is 0 Å². The predicted octanol–water partition coefficient (Wildman–Crippen LogP) is 4.02. The van der Waals surface area contributed by atoms with Gasteiger partial charge >= 0.3 is 0 Å². The number of hydrogen-bond donors (Lipinski definition) is 1. The Morgan fingerprint density at radius 1 is 1.30 bits per heavy atom. The summed E-state index contributed by atoms with van der Waals surface area (Å²) in [5.41, 5.74) is 2.19. The molecule has 0 fully saturated rings.